The van der Waals surface area contributed by atoms with Crippen LogP contribution in [0.1, 0.15) is 18.9 Å². The van der Waals surface area contributed by atoms with Crippen molar-refractivity contribution in [1.29, 1.82) is 5.41 Å². The molecule has 0 aliphatic carbocycles. The highest BCUT2D eigenvalue weighted by molar-refractivity contribution is 5.88. The second-order valence-electron chi connectivity index (χ2n) is 7.32. The van der Waals surface area contributed by atoms with Crippen molar-refractivity contribution < 1.29 is 18.9 Å². The lowest BCUT2D eigenvalue weighted by Crippen LogP contribution is -2.34. The van der Waals surface area contributed by atoms with Crippen molar-refractivity contribution in [3.8, 4) is 22.9 Å². The molecule has 1 fully saturated rings. The van der Waals surface area contributed by atoms with Crippen LogP contribution in [0, 0.1) is 5.41 Å². The second kappa shape index (κ2) is 9.84. The Morgan fingerprint density at radius 3 is 3.06 bits per heavy atom. The molecular formula is C22H26N4O5. The van der Waals surface area contributed by atoms with Crippen molar-refractivity contribution in [3.05, 3.63) is 40.3 Å². The van der Waals surface area contributed by atoms with E-state index in [0.29, 0.717) is 38.5 Å². The van der Waals surface area contributed by atoms with E-state index in [-0.39, 0.29) is 36.7 Å². The van der Waals surface area contributed by atoms with E-state index in [9.17, 15) is 4.79 Å². The van der Waals surface area contributed by atoms with Crippen molar-refractivity contribution in [1.82, 2.24) is 9.55 Å². The van der Waals surface area contributed by atoms with Gasteiger partial charge in [-0.2, -0.15) is 4.98 Å². The zero-order chi connectivity index (χ0) is 21.6. The number of rotatable bonds is 7. The van der Waals surface area contributed by atoms with Crippen LogP contribution in [0.4, 0.5) is 0 Å². The van der Waals surface area contributed by atoms with Gasteiger partial charge in [0.1, 0.15) is 25.1 Å². The number of nitrogens with zero attached hydrogens (tertiary/aromatic N) is 3. The van der Waals surface area contributed by atoms with Crippen LogP contribution in [0.2, 0.25) is 0 Å². The van der Waals surface area contributed by atoms with Crippen LogP contribution >= 0.6 is 0 Å². The minimum Gasteiger partial charge on any atom is -0.486 e. The highest BCUT2D eigenvalue weighted by Gasteiger charge is 2.21. The maximum Gasteiger partial charge on any atom is 0.351 e. The molecule has 0 radical (unpaired) electrons. The summed E-state index contributed by atoms with van der Waals surface area (Å²) in [6, 6.07) is 7.51. The number of amidine groups is 1. The second-order valence-corrected chi connectivity index (χ2v) is 7.32. The van der Waals surface area contributed by atoms with Crippen LogP contribution in [0.3, 0.4) is 0 Å². The van der Waals surface area contributed by atoms with Gasteiger partial charge in [0.25, 0.3) is 0 Å². The van der Waals surface area contributed by atoms with E-state index in [2.05, 4.69) is 9.98 Å². The molecule has 1 N–H and O–H groups in total. The largest absolute Gasteiger partial charge is 0.486 e. The molecule has 2 aliphatic rings. The van der Waals surface area contributed by atoms with Gasteiger partial charge in [-0.1, -0.05) is 6.92 Å². The molecule has 0 saturated carbocycles. The van der Waals surface area contributed by atoms with Gasteiger partial charge in [-0.25, -0.2) is 9.79 Å². The molecule has 1 unspecified atom stereocenters. The van der Waals surface area contributed by atoms with Crippen LogP contribution in [-0.4, -0.2) is 60.7 Å². The number of hydrogen-bond donors (Lipinski definition) is 1. The lowest BCUT2D eigenvalue weighted by molar-refractivity contribution is -0.102. The number of nitrogens with one attached hydrogen (secondary N) is 1. The predicted octanol–water partition coefficient (Wildman–Crippen LogP) is 2.10. The lowest BCUT2D eigenvalue weighted by Gasteiger charge is -2.24. The van der Waals surface area contributed by atoms with E-state index >= 15 is 0 Å². The number of aromatic nitrogens is 2. The Hall–Kier alpha value is -3.04. The molecule has 0 amide bonds. The monoisotopic (exact) mass is 426 g/mol. The number of benzene rings is 1. The van der Waals surface area contributed by atoms with Crippen LogP contribution in [0.25, 0.3) is 11.3 Å². The molecule has 4 rings (SSSR count). The highest BCUT2D eigenvalue weighted by atomic mass is 16.6. The summed E-state index contributed by atoms with van der Waals surface area (Å²) in [6.45, 7) is 4.49. The first-order valence-electron chi connectivity index (χ1n) is 10.4. The molecular weight excluding hydrogens is 400 g/mol. The molecule has 0 spiro atoms. The van der Waals surface area contributed by atoms with Gasteiger partial charge in [-0.15, -0.1) is 0 Å². The molecule has 1 atom stereocenters. The molecule has 2 aliphatic heterocycles. The Bertz CT molecular complexity index is 1030. The number of aliphatic imine (C=N–C) groups is 1. The maximum atomic E-state index is 12.5. The molecule has 3 heterocycles. The average molecular weight is 426 g/mol. The van der Waals surface area contributed by atoms with E-state index in [1.165, 1.54) is 0 Å². The Morgan fingerprint density at radius 1 is 1.35 bits per heavy atom. The third-order valence-electron chi connectivity index (χ3n) is 5.05. The summed E-state index contributed by atoms with van der Waals surface area (Å²) in [6.07, 6.45) is 3.00. The molecule has 1 aromatic carbocycles. The van der Waals surface area contributed by atoms with Gasteiger partial charge in [-0.3, -0.25) is 9.98 Å². The first kappa shape index (κ1) is 21.2. The number of ether oxygens (including phenoxy) is 4. The summed E-state index contributed by atoms with van der Waals surface area (Å²) in [5.41, 5.74) is 2.45. The third-order valence-corrected chi connectivity index (χ3v) is 5.05. The third kappa shape index (κ3) is 5.18. The maximum absolute atomic E-state index is 12.5. The standard InChI is InChI=1S/C22H26N4O5/c1-2-6-24-20(23)14-30-16-3-4-18-15(10-16)5-7-26-19(18)11-21(25-22(26)27)31-13-17-12-28-8-9-29-17/h3-4,6,10-11,17,23H,2,5,7-9,12-14H2,1H3/b23-20?,24-6+. The first-order chi connectivity index (χ1) is 15.1. The normalized spacial score (nSPS) is 17.8. The van der Waals surface area contributed by atoms with Crippen molar-refractivity contribution in [2.45, 2.75) is 32.4 Å². The SMILES string of the molecule is CC/C=N/C(=N)COc1ccc2c(c1)CCn1c-2cc(OCC2COCCO2)nc1=O. The minimum atomic E-state index is -0.332. The minimum absolute atomic E-state index is 0.111. The molecule has 1 aromatic heterocycles. The summed E-state index contributed by atoms with van der Waals surface area (Å²) in [4.78, 5) is 20.6. The molecule has 2 aromatic rings. The molecule has 9 nitrogen and oxygen atoms in total. The predicted molar refractivity (Wildman–Crippen MR) is 116 cm³/mol. The van der Waals surface area contributed by atoms with Gasteiger partial charge in [0.2, 0.25) is 5.88 Å². The van der Waals surface area contributed by atoms with Crippen LogP contribution in [0.5, 0.6) is 11.6 Å². The summed E-state index contributed by atoms with van der Waals surface area (Å²) < 4.78 is 24.0. The molecule has 0 bridgehead atoms. The van der Waals surface area contributed by atoms with Gasteiger partial charge in [0.05, 0.1) is 25.5 Å². The van der Waals surface area contributed by atoms with Crippen molar-refractivity contribution >= 4 is 12.1 Å². The fourth-order valence-corrected chi connectivity index (χ4v) is 3.55. The van der Waals surface area contributed by atoms with Crippen LogP contribution in [0.15, 0.2) is 34.1 Å². The zero-order valence-electron chi connectivity index (χ0n) is 17.5. The Kier molecular flexibility index (Phi) is 6.73. The van der Waals surface area contributed by atoms with Gasteiger partial charge in [0, 0.05) is 24.4 Å². The fourth-order valence-electron chi connectivity index (χ4n) is 3.55. The average Bonchev–Trinajstić information content (AvgIpc) is 2.80. The van der Waals surface area contributed by atoms with Crippen LogP contribution < -0.4 is 15.2 Å². The molecule has 1 saturated heterocycles. The quantitative estimate of drug-likeness (QED) is 0.537. The molecule has 164 valence electrons. The number of aryl methyl sites for hydroxylation is 1. The van der Waals surface area contributed by atoms with Crippen molar-refractivity contribution in [3.63, 3.8) is 0 Å². The van der Waals surface area contributed by atoms with Gasteiger partial charge in [-0.05, 0) is 36.6 Å². The molecule has 31 heavy (non-hydrogen) atoms. The molecule has 9 heteroatoms. The Balaban J connectivity index is 1.49. The van der Waals surface area contributed by atoms with Crippen molar-refractivity contribution in [2.75, 3.05) is 33.0 Å². The smallest absolute Gasteiger partial charge is 0.351 e. The number of hydrogen-bond acceptors (Lipinski definition) is 7. The first-order valence-corrected chi connectivity index (χ1v) is 10.4. The van der Waals surface area contributed by atoms with Gasteiger partial charge >= 0.3 is 5.69 Å². The summed E-state index contributed by atoms with van der Waals surface area (Å²) in [5.74, 6) is 1.13. The topological polar surface area (TPSA) is 108 Å². The highest BCUT2D eigenvalue weighted by Crippen LogP contribution is 2.32. The summed E-state index contributed by atoms with van der Waals surface area (Å²) >= 11 is 0. The van der Waals surface area contributed by atoms with E-state index in [4.69, 9.17) is 24.4 Å². The van der Waals surface area contributed by atoms with E-state index < -0.39 is 0 Å². The van der Waals surface area contributed by atoms with Gasteiger partial charge < -0.3 is 18.9 Å². The van der Waals surface area contributed by atoms with Crippen molar-refractivity contribution in [2.24, 2.45) is 4.99 Å². The zero-order valence-corrected chi connectivity index (χ0v) is 17.5. The van der Waals surface area contributed by atoms with E-state index in [1.807, 2.05) is 25.1 Å². The Morgan fingerprint density at radius 2 is 2.26 bits per heavy atom. The fraction of sp³-hybridized carbons (Fsp3) is 0.455. The van der Waals surface area contributed by atoms with Crippen LogP contribution in [-0.2, 0) is 22.4 Å². The van der Waals surface area contributed by atoms with E-state index in [0.717, 1.165) is 23.2 Å². The van der Waals surface area contributed by atoms with Gasteiger partial charge in [0.15, 0.2) is 5.84 Å². The van der Waals surface area contributed by atoms with E-state index in [1.54, 1.807) is 16.8 Å². The lowest BCUT2D eigenvalue weighted by atomic mass is 9.97. The number of fused-ring (bicyclic) bond motifs is 3. The summed E-state index contributed by atoms with van der Waals surface area (Å²) in [7, 11) is 0. The summed E-state index contributed by atoms with van der Waals surface area (Å²) in [5, 5.41) is 7.79. The Labute approximate surface area is 180 Å².